The number of hydrogen-bond donors (Lipinski definition) is 4. The van der Waals surface area contributed by atoms with Crippen LogP contribution < -0.4 is 10.6 Å². The Morgan fingerprint density at radius 3 is 3.00 bits per heavy atom. The second kappa shape index (κ2) is 7.81. The van der Waals surface area contributed by atoms with Crippen molar-refractivity contribution in [1.29, 1.82) is 0 Å². The summed E-state index contributed by atoms with van der Waals surface area (Å²) in [4.78, 5) is 19.6. The minimum Gasteiger partial charge on any atom is -0.392 e. The number of aliphatic hydroxyl groups is 1. The minimum atomic E-state index is -0.457. The fourth-order valence-corrected chi connectivity index (χ4v) is 2.67. The van der Waals surface area contributed by atoms with Gasteiger partial charge in [0.15, 0.2) is 0 Å². The normalized spacial score (nSPS) is 12.1. The van der Waals surface area contributed by atoms with Gasteiger partial charge in [-0.3, -0.25) is 9.78 Å². The van der Waals surface area contributed by atoms with Crippen molar-refractivity contribution < 1.29 is 9.90 Å². The van der Waals surface area contributed by atoms with Gasteiger partial charge in [-0.15, -0.1) is 0 Å². The average molecular weight is 338 g/mol. The summed E-state index contributed by atoms with van der Waals surface area (Å²) in [5, 5.41) is 16.5. The molecule has 6 heteroatoms. The molecular formula is C19H22N4O2. The van der Waals surface area contributed by atoms with Gasteiger partial charge < -0.3 is 20.7 Å². The van der Waals surface area contributed by atoms with Crippen molar-refractivity contribution >= 4 is 22.5 Å². The highest BCUT2D eigenvalue weighted by Gasteiger charge is 2.09. The number of aliphatic hydroxyl groups excluding tert-OH is 1. The van der Waals surface area contributed by atoms with Gasteiger partial charge in [0, 0.05) is 42.1 Å². The Balaban J connectivity index is 1.56. The number of rotatable bonds is 7. The Labute approximate surface area is 146 Å². The van der Waals surface area contributed by atoms with E-state index in [-0.39, 0.29) is 5.91 Å². The summed E-state index contributed by atoms with van der Waals surface area (Å²) < 4.78 is 0. The van der Waals surface area contributed by atoms with E-state index in [0.717, 1.165) is 17.6 Å². The van der Waals surface area contributed by atoms with Gasteiger partial charge >= 0.3 is 0 Å². The SMILES string of the molecule is CC(O)CNc1ccnc(C(=O)NCCc2c[nH]c3ccccc23)c1. The molecule has 0 fully saturated rings. The van der Waals surface area contributed by atoms with Crippen molar-refractivity contribution in [3.8, 4) is 0 Å². The number of amides is 1. The van der Waals surface area contributed by atoms with Gasteiger partial charge in [0.05, 0.1) is 6.10 Å². The third-order valence-corrected chi connectivity index (χ3v) is 3.95. The molecule has 1 aromatic carbocycles. The molecule has 0 saturated heterocycles. The van der Waals surface area contributed by atoms with E-state index in [0.29, 0.717) is 18.8 Å². The van der Waals surface area contributed by atoms with E-state index in [1.807, 2.05) is 24.4 Å². The lowest BCUT2D eigenvalue weighted by atomic mass is 10.1. The first-order chi connectivity index (χ1) is 12.1. The number of aromatic nitrogens is 2. The first-order valence-electron chi connectivity index (χ1n) is 8.34. The van der Waals surface area contributed by atoms with Gasteiger partial charge in [-0.05, 0) is 37.1 Å². The zero-order valence-electron chi connectivity index (χ0n) is 14.1. The number of para-hydroxylation sites is 1. The monoisotopic (exact) mass is 338 g/mol. The number of carbonyl (C=O) groups excluding carboxylic acids is 1. The van der Waals surface area contributed by atoms with Crippen LogP contribution in [0, 0.1) is 0 Å². The number of pyridine rings is 1. The predicted octanol–water partition coefficient (Wildman–Crippen LogP) is 2.33. The van der Waals surface area contributed by atoms with Crippen LogP contribution in [0.3, 0.4) is 0 Å². The molecule has 1 unspecified atom stereocenters. The smallest absolute Gasteiger partial charge is 0.269 e. The summed E-state index contributed by atoms with van der Waals surface area (Å²) in [5.74, 6) is -0.208. The third kappa shape index (κ3) is 4.36. The van der Waals surface area contributed by atoms with Crippen LogP contribution in [-0.2, 0) is 6.42 Å². The number of H-pyrrole nitrogens is 1. The molecule has 2 aromatic heterocycles. The lowest BCUT2D eigenvalue weighted by Gasteiger charge is -2.09. The van der Waals surface area contributed by atoms with Crippen LogP contribution in [0.1, 0.15) is 23.0 Å². The van der Waals surface area contributed by atoms with E-state index in [2.05, 4.69) is 26.7 Å². The second-order valence-corrected chi connectivity index (χ2v) is 6.03. The molecule has 4 N–H and O–H groups in total. The molecule has 0 bridgehead atoms. The number of nitrogens with zero attached hydrogens (tertiary/aromatic N) is 1. The summed E-state index contributed by atoms with van der Waals surface area (Å²) >= 11 is 0. The van der Waals surface area contributed by atoms with Crippen molar-refractivity contribution in [3.05, 3.63) is 60.0 Å². The fraction of sp³-hybridized carbons (Fsp3) is 0.263. The number of anilines is 1. The van der Waals surface area contributed by atoms with Crippen molar-refractivity contribution in [3.63, 3.8) is 0 Å². The zero-order valence-corrected chi connectivity index (χ0v) is 14.1. The van der Waals surface area contributed by atoms with Crippen LogP contribution in [0.15, 0.2) is 48.8 Å². The summed E-state index contributed by atoms with van der Waals surface area (Å²) in [6.07, 6.45) is 3.85. The van der Waals surface area contributed by atoms with Crippen LogP contribution in [0.25, 0.3) is 10.9 Å². The highest BCUT2D eigenvalue weighted by atomic mass is 16.3. The van der Waals surface area contributed by atoms with E-state index in [4.69, 9.17) is 0 Å². The van der Waals surface area contributed by atoms with Crippen molar-refractivity contribution in [2.24, 2.45) is 0 Å². The third-order valence-electron chi connectivity index (χ3n) is 3.95. The van der Waals surface area contributed by atoms with Crippen molar-refractivity contribution in [1.82, 2.24) is 15.3 Å². The largest absolute Gasteiger partial charge is 0.392 e. The zero-order chi connectivity index (χ0) is 17.6. The van der Waals surface area contributed by atoms with Crippen LogP contribution in [0.2, 0.25) is 0 Å². The van der Waals surface area contributed by atoms with Gasteiger partial charge in [0.2, 0.25) is 0 Å². The lowest BCUT2D eigenvalue weighted by Crippen LogP contribution is -2.26. The molecule has 2 heterocycles. The number of fused-ring (bicyclic) bond motifs is 1. The van der Waals surface area contributed by atoms with Crippen LogP contribution in [-0.4, -0.2) is 40.2 Å². The molecule has 3 rings (SSSR count). The number of carbonyl (C=O) groups is 1. The number of hydrogen-bond acceptors (Lipinski definition) is 4. The van der Waals surface area contributed by atoms with Crippen LogP contribution in [0.4, 0.5) is 5.69 Å². The van der Waals surface area contributed by atoms with Crippen LogP contribution >= 0.6 is 0 Å². The van der Waals surface area contributed by atoms with E-state index in [9.17, 15) is 9.90 Å². The molecule has 0 spiro atoms. The van der Waals surface area contributed by atoms with Gasteiger partial charge in [-0.2, -0.15) is 0 Å². The maximum absolute atomic E-state index is 12.3. The van der Waals surface area contributed by atoms with E-state index in [1.54, 1.807) is 25.3 Å². The highest BCUT2D eigenvalue weighted by Crippen LogP contribution is 2.17. The van der Waals surface area contributed by atoms with E-state index < -0.39 is 6.10 Å². The predicted molar refractivity (Wildman–Crippen MR) is 98.7 cm³/mol. The maximum Gasteiger partial charge on any atom is 0.269 e. The quantitative estimate of drug-likeness (QED) is 0.532. The van der Waals surface area contributed by atoms with Gasteiger partial charge in [0.25, 0.3) is 5.91 Å². The minimum absolute atomic E-state index is 0.208. The summed E-state index contributed by atoms with van der Waals surface area (Å²) in [7, 11) is 0. The molecule has 0 aliphatic heterocycles. The lowest BCUT2D eigenvalue weighted by molar-refractivity contribution is 0.0949. The molecule has 1 amide bonds. The van der Waals surface area contributed by atoms with Gasteiger partial charge in [0.1, 0.15) is 5.69 Å². The number of benzene rings is 1. The maximum atomic E-state index is 12.3. The molecule has 0 aliphatic carbocycles. The molecule has 0 saturated carbocycles. The standard InChI is InChI=1S/C19H22N4O2/c1-13(24)11-22-15-7-9-20-18(10-15)19(25)21-8-6-14-12-23-17-5-3-2-4-16(14)17/h2-5,7,9-10,12-13,23-24H,6,8,11H2,1H3,(H,20,22)(H,21,25). The van der Waals surface area contributed by atoms with Crippen molar-refractivity contribution in [2.45, 2.75) is 19.4 Å². The second-order valence-electron chi connectivity index (χ2n) is 6.03. The van der Waals surface area contributed by atoms with E-state index in [1.165, 1.54) is 10.9 Å². The Kier molecular flexibility index (Phi) is 5.30. The average Bonchev–Trinajstić information content (AvgIpc) is 3.03. The molecule has 0 aliphatic rings. The van der Waals surface area contributed by atoms with Gasteiger partial charge in [-0.25, -0.2) is 0 Å². The number of nitrogens with one attached hydrogen (secondary N) is 3. The number of aromatic amines is 1. The van der Waals surface area contributed by atoms with Crippen molar-refractivity contribution in [2.75, 3.05) is 18.4 Å². The Bertz CT molecular complexity index is 857. The molecule has 130 valence electrons. The first kappa shape index (κ1) is 17.0. The summed E-state index contributed by atoms with van der Waals surface area (Å²) in [5.41, 5.74) is 3.39. The Hall–Kier alpha value is -2.86. The van der Waals surface area contributed by atoms with Gasteiger partial charge in [-0.1, -0.05) is 18.2 Å². The molecular weight excluding hydrogens is 316 g/mol. The Morgan fingerprint density at radius 2 is 2.16 bits per heavy atom. The topological polar surface area (TPSA) is 90.0 Å². The molecule has 0 radical (unpaired) electrons. The fourth-order valence-electron chi connectivity index (χ4n) is 2.67. The molecule has 6 nitrogen and oxygen atoms in total. The Morgan fingerprint density at radius 1 is 1.32 bits per heavy atom. The first-order valence-corrected chi connectivity index (χ1v) is 8.34. The van der Waals surface area contributed by atoms with Crippen LogP contribution in [0.5, 0.6) is 0 Å². The molecule has 25 heavy (non-hydrogen) atoms. The highest BCUT2D eigenvalue weighted by molar-refractivity contribution is 5.93. The molecule has 1 atom stereocenters. The summed E-state index contributed by atoms with van der Waals surface area (Å²) in [6.45, 7) is 2.66. The summed E-state index contributed by atoms with van der Waals surface area (Å²) in [6, 6.07) is 11.6. The van der Waals surface area contributed by atoms with E-state index >= 15 is 0 Å². The molecule has 3 aromatic rings.